The van der Waals surface area contributed by atoms with Crippen LogP contribution in [-0.2, 0) is 10.0 Å². The summed E-state index contributed by atoms with van der Waals surface area (Å²) < 4.78 is 40.1. The Bertz CT molecular complexity index is 988. The molecule has 3 rings (SSSR count). The number of hydrogen-bond donors (Lipinski definition) is 2. The Balaban J connectivity index is 1.87. The van der Waals surface area contributed by atoms with Gasteiger partial charge in [0.05, 0.1) is 16.9 Å². The van der Waals surface area contributed by atoms with Gasteiger partial charge in [0.25, 0.3) is 10.0 Å². The maximum atomic E-state index is 12.9. The van der Waals surface area contributed by atoms with E-state index < -0.39 is 10.0 Å². The normalized spacial score (nSPS) is 11.4. The van der Waals surface area contributed by atoms with Crippen molar-refractivity contribution in [1.82, 2.24) is 4.98 Å². The first kappa shape index (κ1) is 16.7. The Hall–Kier alpha value is -2.16. The summed E-state index contributed by atoms with van der Waals surface area (Å²) in [4.78, 5) is 4.07. The highest BCUT2D eigenvalue weighted by atomic mass is 35.5. The highest BCUT2D eigenvalue weighted by Gasteiger charge is 2.19. The topological polar surface area (TPSA) is 79.3 Å². The summed E-state index contributed by atoms with van der Waals surface area (Å²) in [5, 5.41) is 9.86. The van der Waals surface area contributed by atoms with E-state index in [9.17, 15) is 17.9 Å². The molecule has 0 saturated heterocycles. The molecule has 0 aliphatic rings. The number of benzene rings is 2. The predicted octanol–water partition coefficient (Wildman–Crippen LogP) is 4.11. The molecule has 3 aromatic rings. The second-order valence-corrected chi connectivity index (χ2v) is 8.11. The van der Waals surface area contributed by atoms with E-state index in [2.05, 4.69) is 9.71 Å². The number of anilines is 1. The lowest BCUT2D eigenvalue weighted by Gasteiger charge is -2.06. The van der Waals surface area contributed by atoms with Crippen LogP contribution in [0, 0.1) is 5.82 Å². The lowest BCUT2D eigenvalue weighted by molar-refractivity contribution is 0.475. The van der Waals surface area contributed by atoms with Gasteiger partial charge < -0.3 is 5.11 Å². The van der Waals surface area contributed by atoms with E-state index in [-0.39, 0.29) is 26.5 Å². The van der Waals surface area contributed by atoms with Crippen LogP contribution >= 0.6 is 22.9 Å². The molecular weight excluding hydrogens is 375 g/mol. The molecule has 1 aromatic heterocycles. The van der Waals surface area contributed by atoms with Gasteiger partial charge in [-0.1, -0.05) is 11.6 Å². The van der Waals surface area contributed by atoms with Crippen LogP contribution in [0.15, 0.2) is 52.9 Å². The van der Waals surface area contributed by atoms with E-state index in [4.69, 9.17) is 11.6 Å². The van der Waals surface area contributed by atoms with Gasteiger partial charge in [-0.2, -0.15) is 0 Å². The lowest BCUT2D eigenvalue weighted by Crippen LogP contribution is -2.11. The number of aromatic nitrogens is 1. The van der Waals surface area contributed by atoms with Crippen LogP contribution in [0.25, 0.3) is 10.6 Å². The van der Waals surface area contributed by atoms with E-state index in [1.165, 1.54) is 48.7 Å². The smallest absolute Gasteiger partial charge is 0.273 e. The molecule has 24 heavy (non-hydrogen) atoms. The van der Waals surface area contributed by atoms with Crippen molar-refractivity contribution < 1.29 is 17.9 Å². The molecule has 0 radical (unpaired) electrons. The van der Waals surface area contributed by atoms with Crippen molar-refractivity contribution in [3.05, 3.63) is 59.5 Å². The zero-order valence-corrected chi connectivity index (χ0v) is 14.3. The third kappa shape index (κ3) is 3.50. The molecule has 5 nitrogen and oxygen atoms in total. The number of hydrogen-bond acceptors (Lipinski definition) is 5. The summed E-state index contributed by atoms with van der Waals surface area (Å²) in [6, 6.07) is 9.59. The number of nitrogens with zero attached hydrogens (tertiary/aromatic N) is 1. The third-order valence-electron chi connectivity index (χ3n) is 3.04. The van der Waals surface area contributed by atoms with Crippen LogP contribution in [0.4, 0.5) is 10.1 Å². The minimum atomic E-state index is -3.85. The van der Waals surface area contributed by atoms with Crippen molar-refractivity contribution in [3.8, 4) is 16.3 Å². The number of phenolic OH excluding ortho intramolecular Hbond substituents is 1. The van der Waals surface area contributed by atoms with E-state index in [0.29, 0.717) is 10.6 Å². The van der Waals surface area contributed by atoms with Crippen LogP contribution in [0.2, 0.25) is 5.02 Å². The average Bonchev–Trinajstić information content (AvgIpc) is 3.02. The monoisotopic (exact) mass is 384 g/mol. The fraction of sp³-hybridized carbons (Fsp3) is 0. The number of thiazole rings is 1. The molecule has 2 N–H and O–H groups in total. The zero-order valence-electron chi connectivity index (χ0n) is 11.9. The molecular formula is C15H10ClFN2O3S2. The second kappa shape index (κ2) is 6.39. The van der Waals surface area contributed by atoms with Gasteiger partial charge in [-0.25, -0.2) is 17.8 Å². The SMILES string of the molecule is O=S(=O)(Nc1ccc(O)c(Cl)c1)c1cnc(-c2ccc(F)cc2)s1. The summed E-state index contributed by atoms with van der Waals surface area (Å²) in [5.41, 5.74) is 0.838. The fourth-order valence-corrected chi connectivity index (χ4v) is 4.25. The summed E-state index contributed by atoms with van der Waals surface area (Å²) in [6.07, 6.45) is 1.23. The molecule has 9 heteroatoms. The van der Waals surface area contributed by atoms with Gasteiger partial charge >= 0.3 is 0 Å². The minimum absolute atomic E-state index is 0.00558. The number of phenols is 1. The van der Waals surface area contributed by atoms with Crippen molar-refractivity contribution in [3.63, 3.8) is 0 Å². The standard InChI is InChI=1S/C15H10ClFN2O3S2/c16-12-7-11(5-6-13(12)20)19-24(21,22)14-8-18-15(23-14)9-1-3-10(17)4-2-9/h1-8,19-20H. The number of halogens is 2. The Morgan fingerprint density at radius 3 is 2.54 bits per heavy atom. The van der Waals surface area contributed by atoms with Crippen LogP contribution in [0.5, 0.6) is 5.75 Å². The minimum Gasteiger partial charge on any atom is -0.506 e. The number of rotatable bonds is 4. The Kier molecular flexibility index (Phi) is 4.44. The van der Waals surface area contributed by atoms with Gasteiger partial charge in [-0.3, -0.25) is 4.72 Å². The van der Waals surface area contributed by atoms with E-state index in [0.717, 1.165) is 11.3 Å². The summed E-state index contributed by atoms with van der Waals surface area (Å²) in [5.74, 6) is -0.523. The second-order valence-electron chi connectivity index (χ2n) is 4.76. The molecule has 0 saturated carbocycles. The molecule has 0 spiro atoms. The first-order chi connectivity index (χ1) is 11.3. The molecule has 1 heterocycles. The van der Waals surface area contributed by atoms with E-state index >= 15 is 0 Å². The molecule has 0 aliphatic carbocycles. The predicted molar refractivity (Wildman–Crippen MR) is 91.4 cm³/mol. The largest absolute Gasteiger partial charge is 0.506 e. The van der Waals surface area contributed by atoms with E-state index in [1.807, 2.05) is 0 Å². The van der Waals surface area contributed by atoms with Crippen LogP contribution in [0.3, 0.4) is 0 Å². The van der Waals surface area contributed by atoms with Crippen molar-refractivity contribution in [1.29, 1.82) is 0 Å². The maximum absolute atomic E-state index is 12.9. The van der Waals surface area contributed by atoms with Crippen molar-refractivity contribution in [2.75, 3.05) is 4.72 Å². The lowest BCUT2D eigenvalue weighted by atomic mass is 10.2. The number of aromatic hydroxyl groups is 1. The fourth-order valence-electron chi connectivity index (χ4n) is 1.89. The Morgan fingerprint density at radius 1 is 1.17 bits per heavy atom. The van der Waals surface area contributed by atoms with Crippen molar-refractivity contribution in [2.24, 2.45) is 0 Å². The molecule has 0 aliphatic heterocycles. The van der Waals surface area contributed by atoms with Crippen molar-refractivity contribution >= 4 is 38.6 Å². The van der Waals surface area contributed by atoms with Gasteiger partial charge in [0.2, 0.25) is 0 Å². The Morgan fingerprint density at radius 2 is 1.88 bits per heavy atom. The van der Waals surface area contributed by atoms with Gasteiger partial charge in [0.15, 0.2) is 4.21 Å². The summed E-state index contributed by atoms with van der Waals surface area (Å²) in [7, 11) is -3.85. The van der Waals surface area contributed by atoms with Crippen LogP contribution in [0.1, 0.15) is 0 Å². The maximum Gasteiger partial charge on any atom is 0.273 e. The highest BCUT2D eigenvalue weighted by molar-refractivity contribution is 7.94. The quantitative estimate of drug-likeness (QED) is 0.663. The average molecular weight is 385 g/mol. The first-order valence-electron chi connectivity index (χ1n) is 6.58. The molecule has 0 atom stereocenters. The van der Waals surface area contributed by atoms with Gasteiger partial charge in [-0.15, -0.1) is 11.3 Å². The van der Waals surface area contributed by atoms with Gasteiger partial charge in [0, 0.05) is 5.56 Å². The third-order valence-corrected chi connectivity index (χ3v) is 6.23. The highest BCUT2D eigenvalue weighted by Crippen LogP contribution is 2.31. The summed E-state index contributed by atoms with van der Waals surface area (Å²) >= 11 is 6.72. The molecule has 2 aromatic carbocycles. The zero-order chi connectivity index (χ0) is 17.3. The van der Waals surface area contributed by atoms with Gasteiger partial charge in [0.1, 0.15) is 16.6 Å². The first-order valence-corrected chi connectivity index (χ1v) is 9.26. The Labute approximate surface area is 146 Å². The van der Waals surface area contributed by atoms with E-state index in [1.54, 1.807) is 0 Å². The number of nitrogens with one attached hydrogen (secondary N) is 1. The van der Waals surface area contributed by atoms with Crippen LogP contribution < -0.4 is 4.72 Å². The van der Waals surface area contributed by atoms with Crippen LogP contribution in [-0.4, -0.2) is 18.5 Å². The molecule has 0 fully saturated rings. The molecule has 0 bridgehead atoms. The molecule has 0 amide bonds. The molecule has 124 valence electrons. The molecule has 0 unspecified atom stereocenters. The van der Waals surface area contributed by atoms with Crippen molar-refractivity contribution in [2.45, 2.75) is 4.21 Å². The summed E-state index contributed by atoms with van der Waals surface area (Å²) in [6.45, 7) is 0. The van der Waals surface area contributed by atoms with Gasteiger partial charge in [-0.05, 0) is 42.5 Å². The number of sulfonamides is 1.